The largest absolute Gasteiger partial charge is 0.416 e. The first-order valence-electron chi connectivity index (χ1n) is 5.78. The molecule has 5 heteroatoms. The Hall–Kier alpha value is -1.88. The van der Waals surface area contributed by atoms with Crippen molar-refractivity contribution in [3.05, 3.63) is 53.7 Å². The van der Waals surface area contributed by atoms with Crippen LogP contribution in [0.15, 0.2) is 42.6 Å². The standard InChI is InChI=1S/C14H13F3N2/c1-18-9-10-6-7-19-13(8-10)11-2-4-12(5-3-11)14(15,16)17/h2-8,18H,9H2,1H3. The van der Waals surface area contributed by atoms with Gasteiger partial charge in [-0.2, -0.15) is 13.2 Å². The molecule has 0 saturated carbocycles. The molecule has 0 radical (unpaired) electrons. The Morgan fingerprint density at radius 3 is 2.37 bits per heavy atom. The number of hydrogen-bond acceptors (Lipinski definition) is 2. The lowest BCUT2D eigenvalue weighted by Crippen LogP contribution is -2.05. The second-order valence-corrected chi connectivity index (χ2v) is 4.15. The van der Waals surface area contributed by atoms with Crippen molar-refractivity contribution in [2.45, 2.75) is 12.7 Å². The Balaban J connectivity index is 2.29. The van der Waals surface area contributed by atoms with Gasteiger partial charge in [-0.05, 0) is 36.9 Å². The maximum atomic E-state index is 12.5. The van der Waals surface area contributed by atoms with Crippen molar-refractivity contribution in [2.75, 3.05) is 7.05 Å². The number of alkyl halides is 3. The third-order valence-corrected chi connectivity index (χ3v) is 2.71. The first kappa shape index (κ1) is 13.5. The zero-order chi connectivity index (χ0) is 13.9. The number of pyridine rings is 1. The molecule has 2 nitrogen and oxygen atoms in total. The average Bonchev–Trinajstić information content (AvgIpc) is 2.39. The highest BCUT2D eigenvalue weighted by Crippen LogP contribution is 2.30. The first-order chi connectivity index (χ1) is 9.00. The van der Waals surface area contributed by atoms with Crippen molar-refractivity contribution in [3.8, 4) is 11.3 Å². The highest BCUT2D eigenvalue weighted by atomic mass is 19.4. The van der Waals surface area contributed by atoms with Gasteiger partial charge in [-0.25, -0.2) is 0 Å². The van der Waals surface area contributed by atoms with Crippen LogP contribution in [0.25, 0.3) is 11.3 Å². The predicted molar refractivity (Wildman–Crippen MR) is 67.4 cm³/mol. The van der Waals surface area contributed by atoms with E-state index in [1.165, 1.54) is 12.1 Å². The Morgan fingerprint density at radius 1 is 1.11 bits per heavy atom. The van der Waals surface area contributed by atoms with Crippen molar-refractivity contribution in [2.24, 2.45) is 0 Å². The Morgan fingerprint density at radius 2 is 1.79 bits per heavy atom. The van der Waals surface area contributed by atoms with Crippen molar-refractivity contribution < 1.29 is 13.2 Å². The molecule has 0 bridgehead atoms. The van der Waals surface area contributed by atoms with Crippen LogP contribution in [0.2, 0.25) is 0 Å². The summed E-state index contributed by atoms with van der Waals surface area (Å²) in [6.45, 7) is 0.691. The molecule has 0 amide bonds. The molecular weight excluding hydrogens is 253 g/mol. The van der Waals surface area contributed by atoms with Crippen LogP contribution >= 0.6 is 0 Å². The van der Waals surface area contributed by atoms with Gasteiger partial charge in [0, 0.05) is 18.3 Å². The van der Waals surface area contributed by atoms with E-state index in [0.29, 0.717) is 17.8 Å². The van der Waals surface area contributed by atoms with Crippen LogP contribution in [0.3, 0.4) is 0 Å². The lowest BCUT2D eigenvalue weighted by molar-refractivity contribution is -0.137. The molecule has 1 aromatic carbocycles. The molecule has 2 rings (SSSR count). The molecule has 0 atom stereocenters. The first-order valence-corrected chi connectivity index (χ1v) is 5.78. The van der Waals surface area contributed by atoms with E-state index >= 15 is 0 Å². The lowest BCUT2D eigenvalue weighted by atomic mass is 10.1. The van der Waals surface area contributed by atoms with Gasteiger partial charge in [-0.1, -0.05) is 12.1 Å². The molecule has 1 heterocycles. The third-order valence-electron chi connectivity index (χ3n) is 2.71. The van der Waals surface area contributed by atoms with Crippen molar-refractivity contribution in [1.29, 1.82) is 0 Å². The number of rotatable bonds is 3. The van der Waals surface area contributed by atoms with E-state index in [1.54, 1.807) is 6.20 Å². The minimum absolute atomic E-state index is 0.650. The van der Waals surface area contributed by atoms with Crippen LogP contribution in [-0.2, 0) is 12.7 Å². The van der Waals surface area contributed by atoms with Gasteiger partial charge in [0.2, 0.25) is 0 Å². The van der Waals surface area contributed by atoms with E-state index in [4.69, 9.17) is 0 Å². The minimum atomic E-state index is -4.31. The summed E-state index contributed by atoms with van der Waals surface area (Å²) in [5.74, 6) is 0. The highest BCUT2D eigenvalue weighted by molar-refractivity contribution is 5.60. The number of halogens is 3. The maximum absolute atomic E-state index is 12.5. The summed E-state index contributed by atoms with van der Waals surface area (Å²) in [6.07, 6.45) is -2.65. The number of aromatic nitrogens is 1. The summed E-state index contributed by atoms with van der Waals surface area (Å²) in [6, 6.07) is 8.75. The number of nitrogens with one attached hydrogen (secondary N) is 1. The molecule has 2 aromatic rings. The molecule has 0 aliphatic carbocycles. The van der Waals surface area contributed by atoms with Crippen LogP contribution in [0.4, 0.5) is 13.2 Å². The molecule has 1 aromatic heterocycles. The maximum Gasteiger partial charge on any atom is 0.416 e. The molecule has 0 fully saturated rings. The van der Waals surface area contributed by atoms with Gasteiger partial charge in [0.05, 0.1) is 11.3 Å². The fourth-order valence-electron chi connectivity index (χ4n) is 1.78. The van der Waals surface area contributed by atoms with Gasteiger partial charge in [0.1, 0.15) is 0 Å². The van der Waals surface area contributed by atoms with Crippen LogP contribution in [0.1, 0.15) is 11.1 Å². The molecule has 0 unspecified atom stereocenters. The Labute approximate surface area is 109 Å². The molecule has 1 N–H and O–H groups in total. The zero-order valence-corrected chi connectivity index (χ0v) is 10.3. The van der Waals surface area contributed by atoms with Gasteiger partial charge in [-0.15, -0.1) is 0 Å². The molecule has 0 saturated heterocycles. The van der Waals surface area contributed by atoms with Gasteiger partial charge in [-0.3, -0.25) is 4.98 Å². The normalized spacial score (nSPS) is 11.6. The molecule has 0 aliphatic rings. The van der Waals surface area contributed by atoms with Crippen molar-refractivity contribution in [3.63, 3.8) is 0 Å². The highest BCUT2D eigenvalue weighted by Gasteiger charge is 2.29. The Bertz CT molecular complexity index is 547. The number of nitrogens with zero attached hydrogens (tertiary/aromatic N) is 1. The summed E-state index contributed by atoms with van der Waals surface area (Å²) in [4.78, 5) is 4.17. The SMILES string of the molecule is CNCc1ccnc(-c2ccc(C(F)(F)F)cc2)c1. The molecule has 19 heavy (non-hydrogen) atoms. The van der Waals surface area contributed by atoms with E-state index < -0.39 is 11.7 Å². The zero-order valence-electron chi connectivity index (χ0n) is 10.3. The van der Waals surface area contributed by atoms with Gasteiger partial charge < -0.3 is 5.32 Å². The van der Waals surface area contributed by atoms with E-state index in [0.717, 1.165) is 17.7 Å². The summed E-state index contributed by atoms with van der Waals surface area (Å²) < 4.78 is 37.4. The van der Waals surface area contributed by atoms with Crippen molar-refractivity contribution in [1.82, 2.24) is 10.3 Å². The van der Waals surface area contributed by atoms with Crippen molar-refractivity contribution >= 4 is 0 Å². The van der Waals surface area contributed by atoms with E-state index in [1.807, 2.05) is 19.2 Å². The Kier molecular flexibility index (Phi) is 3.85. The summed E-state index contributed by atoms with van der Waals surface area (Å²) in [7, 11) is 1.83. The van der Waals surface area contributed by atoms with Crippen LogP contribution in [-0.4, -0.2) is 12.0 Å². The summed E-state index contributed by atoms with van der Waals surface area (Å²) >= 11 is 0. The number of hydrogen-bond donors (Lipinski definition) is 1. The van der Waals surface area contributed by atoms with Gasteiger partial charge >= 0.3 is 6.18 Å². The predicted octanol–water partition coefficient (Wildman–Crippen LogP) is 3.49. The number of benzene rings is 1. The second-order valence-electron chi connectivity index (χ2n) is 4.15. The molecule has 100 valence electrons. The second kappa shape index (κ2) is 5.40. The minimum Gasteiger partial charge on any atom is -0.316 e. The summed E-state index contributed by atoms with van der Waals surface area (Å²) in [5, 5.41) is 3.02. The average molecular weight is 266 g/mol. The third kappa shape index (κ3) is 3.32. The van der Waals surface area contributed by atoms with Gasteiger partial charge in [0.25, 0.3) is 0 Å². The fourth-order valence-corrected chi connectivity index (χ4v) is 1.78. The van der Waals surface area contributed by atoms with Crippen LogP contribution in [0, 0.1) is 0 Å². The topological polar surface area (TPSA) is 24.9 Å². The quantitative estimate of drug-likeness (QED) is 0.919. The van der Waals surface area contributed by atoms with Gasteiger partial charge in [0.15, 0.2) is 0 Å². The fraction of sp³-hybridized carbons (Fsp3) is 0.214. The van der Waals surface area contributed by atoms with E-state index in [-0.39, 0.29) is 0 Å². The van der Waals surface area contributed by atoms with Crippen LogP contribution in [0.5, 0.6) is 0 Å². The monoisotopic (exact) mass is 266 g/mol. The lowest BCUT2D eigenvalue weighted by Gasteiger charge is -2.08. The van der Waals surface area contributed by atoms with E-state index in [9.17, 15) is 13.2 Å². The smallest absolute Gasteiger partial charge is 0.316 e. The molecule has 0 spiro atoms. The van der Waals surface area contributed by atoms with E-state index in [2.05, 4.69) is 10.3 Å². The molecular formula is C14H13F3N2. The summed E-state index contributed by atoms with van der Waals surface area (Å²) in [5.41, 5.74) is 1.72. The van der Waals surface area contributed by atoms with Crippen LogP contribution < -0.4 is 5.32 Å². The molecule has 0 aliphatic heterocycles.